The summed E-state index contributed by atoms with van der Waals surface area (Å²) in [5.41, 5.74) is -0.580. The van der Waals surface area contributed by atoms with Gasteiger partial charge in [0.2, 0.25) is 0 Å². The summed E-state index contributed by atoms with van der Waals surface area (Å²) in [6.07, 6.45) is 0.550. The van der Waals surface area contributed by atoms with Gasteiger partial charge in [-0.2, -0.15) is 0 Å². The Balaban J connectivity index is 4.49. The maximum Gasteiger partial charge on any atom is 0.164 e. The zero-order chi connectivity index (χ0) is 9.78. The summed E-state index contributed by atoms with van der Waals surface area (Å²) >= 11 is 0. The molecule has 2 heteroatoms. The van der Waals surface area contributed by atoms with Crippen molar-refractivity contribution >= 4 is 5.78 Å². The fourth-order valence-corrected chi connectivity index (χ4v) is 1.22. The fraction of sp³-hybridized carbons (Fsp3) is 0.900. The summed E-state index contributed by atoms with van der Waals surface area (Å²) < 4.78 is 5.49. The number of Topliss-reactive ketones (excluding diaryl/α,β-unsaturated/α-hetero) is 1. The van der Waals surface area contributed by atoms with E-state index >= 15 is 0 Å². The molecule has 72 valence electrons. The van der Waals surface area contributed by atoms with Crippen LogP contribution < -0.4 is 0 Å². The molecule has 0 aromatic rings. The Hall–Kier alpha value is -0.370. The van der Waals surface area contributed by atoms with Crippen molar-refractivity contribution in [2.45, 2.75) is 46.6 Å². The molecule has 0 aliphatic heterocycles. The van der Waals surface area contributed by atoms with Gasteiger partial charge in [0, 0.05) is 13.0 Å². The Labute approximate surface area is 75.3 Å². The van der Waals surface area contributed by atoms with Crippen LogP contribution in [0.25, 0.3) is 0 Å². The number of hydrogen-bond acceptors (Lipinski definition) is 2. The van der Waals surface area contributed by atoms with E-state index in [9.17, 15) is 4.79 Å². The van der Waals surface area contributed by atoms with E-state index in [1.54, 1.807) is 0 Å². The van der Waals surface area contributed by atoms with Crippen LogP contribution in [0.4, 0.5) is 0 Å². The first-order chi connectivity index (χ1) is 5.49. The average Bonchev–Trinajstić information content (AvgIpc) is 2.03. The minimum absolute atomic E-state index is 0.194. The highest BCUT2D eigenvalue weighted by Gasteiger charge is 2.35. The third kappa shape index (κ3) is 2.31. The molecule has 0 spiro atoms. The van der Waals surface area contributed by atoms with Crippen molar-refractivity contribution in [1.29, 1.82) is 0 Å². The highest BCUT2D eigenvalue weighted by atomic mass is 16.5. The first-order valence-corrected chi connectivity index (χ1v) is 4.66. The smallest absolute Gasteiger partial charge is 0.164 e. The number of ketones is 1. The zero-order valence-electron chi connectivity index (χ0n) is 8.81. The third-order valence-electron chi connectivity index (χ3n) is 2.42. The van der Waals surface area contributed by atoms with Crippen LogP contribution in [0.5, 0.6) is 0 Å². The van der Waals surface area contributed by atoms with Gasteiger partial charge in [-0.3, -0.25) is 4.79 Å². The highest BCUT2D eigenvalue weighted by Crippen LogP contribution is 2.23. The summed E-state index contributed by atoms with van der Waals surface area (Å²) in [4.78, 5) is 11.5. The van der Waals surface area contributed by atoms with Crippen LogP contribution in [-0.2, 0) is 9.53 Å². The Morgan fingerprint density at radius 1 is 1.42 bits per heavy atom. The van der Waals surface area contributed by atoms with Gasteiger partial charge in [0.05, 0.1) is 0 Å². The van der Waals surface area contributed by atoms with Gasteiger partial charge in [0.25, 0.3) is 0 Å². The van der Waals surface area contributed by atoms with Gasteiger partial charge in [-0.1, -0.05) is 20.8 Å². The quantitative estimate of drug-likeness (QED) is 0.636. The van der Waals surface area contributed by atoms with Crippen molar-refractivity contribution in [2.75, 3.05) is 6.61 Å². The predicted octanol–water partition coefficient (Wildman–Crippen LogP) is 2.42. The van der Waals surface area contributed by atoms with E-state index in [1.165, 1.54) is 0 Å². The zero-order valence-corrected chi connectivity index (χ0v) is 8.81. The molecule has 0 radical (unpaired) electrons. The molecule has 0 aliphatic carbocycles. The summed E-state index contributed by atoms with van der Waals surface area (Å²) in [6, 6.07) is 0. The highest BCUT2D eigenvalue weighted by molar-refractivity contribution is 5.86. The monoisotopic (exact) mass is 172 g/mol. The fourth-order valence-electron chi connectivity index (χ4n) is 1.22. The van der Waals surface area contributed by atoms with Gasteiger partial charge in [-0.05, 0) is 19.8 Å². The second-order valence-corrected chi connectivity index (χ2v) is 3.47. The number of carbonyl (C=O) groups is 1. The second-order valence-electron chi connectivity index (χ2n) is 3.47. The molecule has 0 rings (SSSR count). The van der Waals surface area contributed by atoms with Gasteiger partial charge in [0.1, 0.15) is 5.60 Å². The summed E-state index contributed by atoms with van der Waals surface area (Å²) in [5.74, 6) is 0.434. The van der Waals surface area contributed by atoms with Crippen molar-refractivity contribution in [3.63, 3.8) is 0 Å². The van der Waals surface area contributed by atoms with Crippen molar-refractivity contribution < 1.29 is 9.53 Å². The molecule has 0 amide bonds. The van der Waals surface area contributed by atoms with Crippen molar-refractivity contribution in [3.8, 4) is 0 Å². The minimum atomic E-state index is -0.580. The lowest BCUT2D eigenvalue weighted by atomic mass is 9.86. The molecular weight excluding hydrogens is 152 g/mol. The first kappa shape index (κ1) is 11.6. The molecule has 1 atom stereocenters. The summed E-state index contributed by atoms with van der Waals surface area (Å²) in [5, 5.41) is 0. The predicted molar refractivity (Wildman–Crippen MR) is 50.2 cm³/mol. The maximum atomic E-state index is 11.5. The average molecular weight is 172 g/mol. The lowest BCUT2D eigenvalue weighted by Crippen LogP contribution is -2.43. The molecule has 0 saturated carbocycles. The second kappa shape index (κ2) is 4.61. The number of hydrogen-bond donors (Lipinski definition) is 0. The van der Waals surface area contributed by atoms with Crippen LogP contribution >= 0.6 is 0 Å². The standard InChI is InChI=1S/C10H20O2/c1-6-9(11)10(5,8(3)4)12-7-2/h8H,6-7H2,1-5H3. The van der Waals surface area contributed by atoms with Crippen molar-refractivity contribution in [2.24, 2.45) is 5.92 Å². The van der Waals surface area contributed by atoms with Crippen LogP contribution in [0.15, 0.2) is 0 Å². The van der Waals surface area contributed by atoms with Crippen LogP contribution in [0.1, 0.15) is 41.0 Å². The molecule has 0 N–H and O–H groups in total. The first-order valence-electron chi connectivity index (χ1n) is 4.66. The lowest BCUT2D eigenvalue weighted by Gasteiger charge is -2.31. The van der Waals surface area contributed by atoms with Gasteiger partial charge >= 0.3 is 0 Å². The molecule has 0 bridgehead atoms. The van der Waals surface area contributed by atoms with E-state index in [0.717, 1.165) is 0 Å². The Morgan fingerprint density at radius 3 is 2.17 bits per heavy atom. The molecule has 12 heavy (non-hydrogen) atoms. The molecular formula is C10H20O2. The normalized spacial score (nSPS) is 16.2. The molecule has 0 heterocycles. The van der Waals surface area contributed by atoms with E-state index in [1.807, 2.05) is 34.6 Å². The number of carbonyl (C=O) groups excluding carboxylic acids is 1. The van der Waals surface area contributed by atoms with Crippen molar-refractivity contribution in [3.05, 3.63) is 0 Å². The van der Waals surface area contributed by atoms with Gasteiger partial charge in [0.15, 0.2) is 5.78 Å². The molecule has 0 fully saturated rings. The molecule has 0 aromatic carbocycles. The Kier molecular flexibility index (Phi) is 4.46. The maximum absolute atomic E-state index is 11.5. The van der Waals surface area contributed by atoms with E-state index in [4.69, 9.17) is 4.74 Å². The number of rotatable bonds is 5. The van der Waals surface area contributed by atoms with Gasteiger partial charge < -0.3 is 4.74 Å². The van der Waals surface area contributed by atoms with Crippen LogP contribution in [-0.4, -0.2) is 18.0 Å². The van der Waals surface area contributed by atoms with Crippen LogP contribution in [0.3, 0.4) is 0 Å². The van der Waals surface area contributed by atoms with E-state index in [-0.39, 0.29) is 11.7 Å². The van der Waals surface area contributed by atoms with Crippen LogP contribution in [0, 0.1) is 5.92 Å². The Morgan fingerprint density at radius 2 is 1.92 bits per heavy atom. The molecule has 1 unspecified atom stereocenters. The molecule has 0 aromatic heterocycles. The Bertz CT molecular complexity index is 152. The lowest BCUT2D eigenvalue weighted by molar-refractivity contribution is -0.147. The van der Waals surface area contributed by atoms with Gasteiger partial charge in [-0.25, -0.2) is 0 Å². The topological polar surface area (TPSA) is 26.3 Å². The summed E-state index contributed by atoms with van der Waals surface area (Å²) in [6.45, 7) is 10.3. The SMILES string of the molecule is CCOC(C)(C(=O)CC)C(C)C. The number of ether oxygens (including phenoxy) is 1. The largest absolute Gasteiger partial charge is 0.368 e. The molecule has 0 aliphatic rings. The van der Waals surface area contributed by atoms with E-state index in [2.05, 4.69) is 0 Å². The van der Waals surface area contributed by atoms with Crippen molar-refractivity contribution in [1.82, 2.24) is 0 Å². The minimum Gasteiger partial charge on any atom is -0.368 e. The molecule has 0 saturated heterocycles. The summed E-state index contributed by atoms with van der Waals surface area (Å²) in [7, 11) is 0. The van der Waals surface area contributed by atoms with Gasteiger partial charge in [-0.15, -0.1) is 0 Å². The van der Waals surface area contributed by atoms with E-state index < -0.39 is 5.60 Å². The van der Waals surface area contributed by atoms with E-state index in [0.29, 0.717) is 13.0 Å². The third-order valence-corrected chi connectivity index (χ3v) is 2.42. The van der Waals surface area contributed by atoms with Crippen LogP contribution in [0.2, 0.25) is 0 Å². The molecule has 2 nitrogen and oxygen atoms in total.